The smallest absolute Gasteiger partial charge is 0.342 e. The second kappa shape index (κ2) is 17.2. The maximum atomic E-state index is 13.6. The molecule has 0 bridgehead atoms. The standard InChI is InChI=1S/C38H45NO9/c1-24-9-8-12-28(40)11-7-5-6-10-27-22-31(41)36(37(43)35(27)38(44)48-24)30(26-14-16-29(45-2)17-15-26)23-34(42)39-20-19-25-13-18-32(46-3)33(21-25)47-4/h6,10,13-18,21-22,24,30,41,43H,5,7-9,11-12,19-20,23H2,1-4H3,(H,39,42)/b10-6+/t24-,30?/m0/s1. The van der Waals surface area contributed by atoms with Crippen LogP contribution in [0.2, 0.25) is 0 Å². The van der Waals surface area contributed by atoms with Gasteiger partial charge in [-0.2, -0.15) is 0 Å². The molecule has 1 heterocycles. The summed E-state index contributed by atoms with van der Waals surface area (Å²) < 4.78 is 21.7. The maximum Gasteiger partial charge on any atom is 0.342 e. The monoisotopic (exact) mass is 659 g/mol. The molecule has 1 aliphatic heterocycles. The molecule has 0 spiro atoms. The van der Waals surface area contributed by atoms with Crippen LogP contribution in [-0.2, 0) is 20.7 Å². The number of hydrogen-bond donors (Lipinski definition) is 3. The molecule has 1 amide bonds. The minimum Gasteiger partial charge on any atom is -0.507 e. The van der Waals surface area contributed by atoms with Crippen molar-refractivity contribution >= 4 is 23.7 Å². The van der Waals surface area contributed by atoms with Crippen molar-refractivity contribution in [1.82, 2.24) is 5.32 Å². The summed E-state index contributed by atoms with van der Waals surface area (Å²) in [4.78, 5) is 39.2. The molecule has 0 saturated carbocycles. The van der Waals surface area contributed by atoms with E-state index in [1.807, 2.05) is 12.1 Å². The van der Waals surface area contributed by atoms with Crippen molar-refractivity contribution in [2.75, 3.05) is 27.9 Å². The van der Waals surface area contributed by atoms with Gasteiger partial charge in [0.15, 0.2) is 11.5 Å². The molecule has 0 fully saturated rings. The van der Waals surface area contributed by atoms with E-state index in [9.17, 15) is 24.6 Å². The fourth-order valence-corrected chi connectivity index (χ4v) is 5.88. The zero-order valence-corrected chi connectivity index (χ0v) is 28.0. The molecule has 3 aromatic carbocycles. The van der Waals surface area contributed by atoms with Crippen molar-refractivity contribution in [2.24, 2.45) is 0 Å². The van der Waals surface area contributed by atoms with Crippen LogP contribution in [0.1, 0.15) is 90.4 Å². The Morgan fingerprint density at radius 3 is 2.40 bits per heavy atom. The van der Waals surface area contributed by atoms with Gasteiger partial charge in [-0.25, -0.2) is 4.79 Å². The van der Waals surface area contributed by atoms with Crippen molar-refractivity contribution in [3.63, 3.8) is 0 Å². The molecule has 10 nitrogen and oxygen atoms in total. The third kappa shape index (κ3) is 9.30. The van der Waals surface area contributed by atoms with Gasteiger partial charge in [-0.05, 0) is 86.1 Å². The van der Waals surface area contributed by atoms with E-state index < -0.39 is 23.7 Å². The van der Waals surface area contributed by atoms with Crippen LogP contribution in [0.25, 0.3) is 6.08 Å². The van der Waals surface area contributed by atoms with Gasteiger partial charge >= 0.3 is 5.97 Å². The summed E-state index contributed by atoms with van der Waals surface area (Å²) in [6.07, 6.45) is 6.54. The summed E-state index contributed by atoms with van der Waals surface area (Å²) in [5, 5.41) is 26.1. The number of hydrogen-bond acceptors (Lipinski definition) is 9. The number of cyclic esters (lactones) is 1. The van der Waals surface area contributed by atoms with Crippen LogP contribution >= 0.6 is 0 Å². The number of phenolic OH excluding ortho intramolecular Hbond substituents is 2. The van der Waals surface area contributed by atoms with E-state index in [1.165, 1.54) is 6.07 Å². The zero-order chi connectivity index (χ0) is 34.6. The molecule has 0 radical (unpaired) electrons. The zero-order valence-electron chi connectivity index (χ0n) is 28.0. The SMILES string of the molecule is COc1ccc(C(CC(=O)NCCc2ccc(OC)c(OC)c2)c2c(O)cc3c(c2O)C(=O)O[C@@H](C)CCCC(=O)CCC/C=C/3)cc1. The Kier molecular flexibility index (Phi) is 12.9. The number of carbonyl (C=O) groups is 3. The van der Waals surface area contributed by atoms with Crippen LogP contribution in [0.5, 0.6) is 28.7 Å². The second-order valence-electron chi connectivity index (χ2n) is 11.9. The first-order valence-electron chi connectivity index (χ1n) is 16.2. The quantitative estimate of drug-likeness (QED) is 0.209. The Morgan fingerprint density at radius 2 is 1.69 bits per heavy atom. The first kappa shape index (κ1) is 35.9. The topological polar surface area (TPSA) is 141 Å². The molecule has 3 aromatic rings. The predicted molar refractivity (Wildman–Crippen MR) is 182 cm³/mol. The van der Waals surface area contributed by atoms with E-state index in [2.05, 4.69) is 5.32 Å². The van der Waals surface area contributed by atoms with E-state index in [1.54, 1.807) is 70.7 Å². The number of nitrogens with one attached hydrogen (secondary N) is 1. The van der Waals surface area contributed by atoms with E-state index in [0.717, 1.165) is 5.56 Å². The second-order valence-corrected chi connectivity index (χ2v) is 11.9. The van der Waals surface area contributed by atoms with Gasteiger partial charge in [0.2, 0.25) is 5.91 Å². The van der Waals surface area contributed by atoms with E-state index >= 15 is 0 Å². The molecule has 3 N–H and O–H groups in total. The Bertz CT molecular complexity index is 1610. The van der Waals surface area contributed by atoms with Crippen LogP contribution in [0.3, 0.4) is 0 Å². The number of amides is 1. The summed E-state index contributed by atoms with van der Waals surface area (Å²) in [7, 11) is 4.67. The van der Waals surface area contributed by atoms with Crippen molar-refractivity contribution in [3.05, 3.63) is 82.4 Å². The molecule has 0 aliphatic carbocycles. The Labute approximate surface area is 281 Å². The van der Waals surface area contributed by atoms with Crippen LogP contribution in [0, 0.1) is 0 Å². The molecular formula is C38H45NO9. The summed E-state index contributed by atoms with van der Waals surface area (Å²) >= 11 is 0. The third-order valence-corrected chi connectivity index (χ3v) is 8.49. The van der Waals surface area contributed by atoms with Gasteiger partial charge in [-0.1, -0.05) is 30.4 Å². The minimum absolute atomic E-state index is 0.0404. The van der Waals surface area contributed by atoms with Gasteiger partial charge in [-0.15, -0.1) is 0 Å². The molecule has 256 valence electrons. The average molecular weight is 660 g/mol. The van der Waals surface area contributed by atoms with Gasteiger partial charge in [0.25, 0.3) is 0 Å². The van der Waals surface area contributed by atoms with Crippen molar-refractivity contribution < 1.29 is 43.5 Å². The molecule has 10 heteroatoms. The number of methoxy groups -OCH3 is 3. The Morgan fingerprint density at radius 1 is 0.958 bits per heavy atom. The summed E-state index contributed by atoms with van der Waals surface area (Å²) in [5.41, 5.74) is 1.79. The number of esters is 1. The highest BCUT2D eigenvalue weighted by atomic mass is 16.5. The highest BCUT2D eigenvalue weighted by Gasteiger charge is 2.31. The predicted octanol–water partition coefficient (Wildman–Crippen LogP) is 6.49. The van der Waals surface area contributed by atoms with E-state index in [4.69, 9.17) is 18.9 Å². The number of ether oxygens (including phenoxy) is 4. The Hall–Kier alpha value is -4.99. The molecule has 1 aliphatic rings. The summed E-state index contributed by atoms with van der Waals surface area (Å²) in [6, 6.07) is 13.9. The number of benzene rings is 3. The van der Waals surface area contributed by atoms with Crippen LogP contribution < -0.4 is 19.5 Å². The molecule has 0 aromatic heterocycles. The number of ketones is 1. The minimum atomic E-state index is -0.824. The largest absolute Gasteiger partial charge is 0.507 e. The van der Waals surface area contributed by atoms with E-state index in [0.29, 0.717) is 74.3 Å². The van der Waals surface area contributed by atoms with Crippen LogP contribution in [0.4, 0.5) is 0 Å². The van der Waals surface area contributed by atoms with Gasteiger partial charge < -0.3 is 34.5 Å². The molecular weight excluding hydrogens is 614 g/mol. The lowest BCUT2D eigenvalue weighted by Gasteiger charge is -2.23. The highest BCUT2D eigenvalue weighted by Crippen LogP contribution is 2.44. The number of allylic oxidation sites excluding steroid dienone is 1. The average Bonchev–Trinajstić information content (AvgIpc) is 3.07. The fourth-order valence-electron chi connectivity index (χ4n) is 5.88. The number of rotatable bonds is 10. The van der Waals surface area contributed by atoms with E-state index in [-0.39, 0.29) is 40.6 Å². The fraction of sp³-hybridized carbons (Fsp3) is 0.395. The number of fused-ring (bicyclic) bond motifs is 1. The van der Waals surface area contributed by atoms with Crippen molar-refractivity contribution in [3.8, 4) is 28.7 Å². The number of phenols is 2. The lowest BCUT2D eigenvalue weighted by Crippen LogP contribution is -2.27. The number of carbonyl (C=O) groups excluding carboxylic acids is 3. The van der Waals surface area contributed by atoms with Crippen LogP contribution in [0.15, 0.2) is 54.6 Å². The molecule has 1 unspecified atom stereocenters. The Balaban J connectivity index is 1.66. The molecule has 0 saturated heterocycles. The van der Waals surface area contributed by atoms with Crippen molar-refractivity contribution in [2.45, 2.75) is 70.3 Å². The molecule has 4 rings (SSSR count). The molecule has 2 atom stereocenters. The highest BCUT2D eigenvalue weighted by molar-refractivity contribution is 5.98. The number of aromatic hydroxyl groups is 2. The number of Topliss-reactive ketones (excluding diaryl/α,β-unsaturated/α-hetero) is 1. The normalized spacial score (nSPS) is 16.9. The third-order valence-electron chi connectivity index (χ3n) is 8.49. The first-order valence-corrected chi connectivity index (χ1v) is 16.2. The van der Waals surface area contributed by atoms with Crippen molar-refractivity contribution in [1.29, 1.82) is 0 Å². The van der Waals surface area contributed by atoms with Gasteiger partial charge in [0.1, 0.15) is 28.6 Å². The first-order chi connectivity index (χ1) is 23.1. The molecule has 48 heavy (non-hydrogen) atoms. The maximum absolute atomic E-state index is 13.6. The van der Waals surface area contributed by atoms with Gasteiger partial charge in [0.05, 0.1) is 27.4 Å². The summed E-state index contributed by atoms with van der Waals surface area (Å²) in [5.74, 6) is -0.647. The van der Waals surface area contributed by atoms with Crippen LogP contribution in [-0.4, -0.2) is 61.9 Å². The lowest BCUT2D eigenvalue weighted by molar-refractivity contribution is -0.121. The summed E-state index contributed by atoms with van der Waals surface area (Å²) in [6.45, 7) is 2.07. The van der Waals surface area contributed by atoms with Gasteiger partial charge in [-0.3, -0.25) is 9.59 Å². The lowest BCUT2D eigenvalue weighted by atomic mass is 9.84. The van der Waals surface area contributed by atoms with Gasteiger partial charge in [0, 0.05) is 37.3 Å².